The lowest BCUT2D eigenvalue weighted by molar-refractivity contribution is -0.140. The van der Waals surface area contributed by atoms with Crippen LogP contribution in [0.3, 0.4) is 0 Å². The number of Topliss-reactive ketones (excluding diaryl/α,β-unsaturated/α-hetero) is 1. The average molecular weight is 387 g/mol. The zero-order chi connectivity index (χ0) is 19.4. The van der Waals surface area contributed by atoms with Gasteiger partial charge in [0.05, 0.1) is 18.7 Å². The number of methoxy groups -OCH3 is 2. The molecule has 1 atom stereocenters. The third-order valence-corrected chi connectivity index (χ3v) is 5.37. The summed E-state index contributed by atoms with van der Waals surface area (Å²) in [6.07, 6.45) is 0.602. The number of hydrogen-bond acceptors (Lipinski definition) is 6. The minimum atomic E-state index is -0.675. The smallest absolute Gasteiger partial charge is 0.295 e. The number of likely N-dealkylation sites (tertiary alicyclic amines) is 1. The highest BCUT2D eigenvalue weighted by Crippen LogP contribution is 2.41. The summed E-state index contributed by atoms with van der Waals surface area (Å²) in [5.74, 6) is -0.916. The van der Waals surface area contributed by atoms with Crippen LogP contribution in [0.2, 0.25) is 0 Å². The van der Waals surface area contributed by atoms with Crippen LogP contribution in [0.1, 0.15) is 22.9 Å². The van der Waals surface area contributed by atoms with E-state index in [0.29, 0.717) is 30.9 Å². The maximum Gasteiger partial charge on any atom is 0.295 e. The number of carbonyl (C=O) groups is 2. The van der Waals surface area contributed by atoms with E-state index < -0.39 is 17.7 Å². The van der Waals surface area contributed by atoms with Gasteiger partial charge in [0.1, 0.15) is 11.5 Å². The van der Waals surface area contributed by atoms with E-state index in [0.717, 1.165) is 4.88 Å². The Bertz CT molecular complexity index is 859. The second-order valence-electron chi connectivity index (χ2n) is 6.09. The summed E-state index contributed by atoms with van der Waals surface area (Å²) in [4.78, 5) is 27.7. The van der Waals surface area contributed by atoms with E-state index in [1.54, 1.807) is 31.4 Å². The molecular formula is C20H21NO5S. The largest absolute Gasteiger partial charge is 0.507 e. The number of thiophene rings is 1. The number of carbonyl (C=O) groups excluding carboxylic acids is 2. The molecule has 0 aliphatic carbocycles. The van der Waals surface area contributed by atoms with Gasteiger partial charge in [-0.25, -0.2) is 0 Å². The number of ether oxygens (including phenoxy) is 2. The molecule has 0 spiro atoms. The molecule has 6 nitrogen and oxygen atoms in total. The van der Waals surface area contributed by atoms with Crippen LogP contribution in [0.4, 0.5) is 0 Å². The van der Waals surface area contributed by atoms with Crippen LogP contribution in [0.15, 0.2) is 47.4 Å². The Kier molecular flexibility index (Phi) is 5.93. The summed E-state index contributed by atoms with van der Waals surface area (Å²) in [5.41, 5.74) is 0.541. The van der Waals surface area contributed by atoms with Gasteiger partial charge in [-0.1, -0.05) is 18.2 Å². The van der Waals surface area contributed by atoms with Gasteiger partial charge in [-0.15, -0.1) is 11.3 Å². The summed E-state index contributed by atoms with van der Waals surface area (Å²) >= 11 is 1.44. The Morgan fingerprint density at radius 2 is 2.04 bits per heavy atom. The molecule has 7 heteroatoms. The van der Waals surface area contributed by atoms with E-state index in [4.69, 9.17) is 9.47 Å². The monoisotopic (exact) mass is 387 g/mol. The lowest BCUT2D eigenvalue weighted by Gasteiger charge is -2.24. The number of amides is 1. The van der Waals surface area contributed by atoms with E-state index in [2.05, 4.69) is 0 Å². The molecule has 27 heavy (non-hydrogen) atoms. The highest BCUT2D eigenvalue weighted by molar-refractivity contribution is 7.10. The Morgan fingerprint density at radius 3 is 2.70 bits per heavy atom. The fourth-order valence-corrected chi connectivity index (χ4v) is 4.00. The van der Waals surface area contributed by atoms with Crippen molar-refractivity contribution in [3.8, 4) is 5.75 Å². The SMILES string of the molecule is COCCCN1C(=O)C(=O)C(=C(O)c2cccc(OC)c2)[C@@H]1c1cccs1. The number of aliphatic hydroxyl groups excluding tert-OH is 1. The minimum Gasteiger partial charge on any atom is -0.507 e. The maximum atomic E-state index is 12.8. The van der Waals surface area contributed by atoms with Crippen LogP contribution in [-0.4, -0.2) is 49.1 Å². The van der Waals surface area contributed by atoms with Crippen molar-refractivity contribution in [1.82, 2.24) is 4.90 Å². The van der Waals surface area contributed by atoms with Crippen molar-refractivity contribution in [2.24, 2.45) is 0 Å². The topological polar surface area (TPSA) is 76.1 Å². The molecule has 142 valence electrons. The Hall–Kier alpha value is -2.64. The molecule has 1 N–H and O–H groups in total. The van der Waals surface area contributed by atoms with Crippen molar-refractivity contribution in [2.45, 2.75) is 12.5 Å². The molecule has 3 rings (SSSR count). The van der Waals surface area contributed by atoms with Gasteiger partial charge in [0.2, 0.25) is 0 Å². The first-order valence-corrected chi connectivity index (χ1v) is 9.41. The normalized spacial score (nSPS) is 18.9. The number of benzene rings is 1. The maximum absolute atomic E-state index is 12.8. The average Bonchev–Trinajstić information content (AvgIpc) is 3.30. The van der Waals surface area contributed by atoms with Gasteiger partial charge in [-0.3, -0.25) is 9.59 Å². The second kappa shape index (κ2) is 8.37. The third-order valence-electron chi connectivity index (χ3n) is 4.44. The van der Waals surface area contributed by atoms with Gasteiger partial charge in [-0.05, 0) is 30.0 Å². The molecule has 1 aliphatic rings. The van der Waals surface area contributed by atoms with Gasteiger partial charge >= 0.3 is 0 Å². The second-order valence-corrected chi connectivity index (χ2v) is 7.07. The van der Waals surface area contributed by atoms with Crippen LogP contribution in [0.5, 0.6) is 5.75 Å². The molecule has 1 aromatic heterocycles. The van der Waals surface area contributed by atoms with Crippen LogP contribution < -0.4 is 4.74 Å². The molecule has 0 radical (unpaired) electrons. The molecule has 1 saturated heterocycles. The molecule has 0 unspecified atom stereocenters. The van der Waals surface area contributed by atoms with E-state index in [1.165, 1.54) is 23.3 Å². The molecule has 1 aromatic carbocycles. The lowest BCUT2D eigenvalue weighted by Crippen LogP contribution is -2.31. The van der Waals surface area contributed by atoms with Crippen LogP contribution >= 0.6 is 11.3 Å². The van der Waals surface area contributed by atoms with Crippen LogP contribution in [0.25, 0.3) is 5.76 Å². The van der Waals surface area contributed by atoms with Gasteiger partial charge < -0.3 is 19.5 Å². The highest BCUT2D eigenvalue weighted by Gasteiger charge is 2.46. The van der Waals surface area contributed by atoms with Crippen LogP contribution in [0, 0.1) is 0 Å². The molecule has 0 bridgehead atoms. The van der Waals surface area contributed by atoms with E-state index in [1.807, 2.05) is 17.5 Å². The molecule has 2 aromatic rings. The van der Waals surface area contributed by atoms with Crippen molar-refractivity contribution >= 4 is 28.8 Å². The van der Waals surface area contributed by atoms with E-state index >= 15 is 0 Å². The van der Waals surface area contributed by atoms with Gasteiger partial charge in [0, 0.05) is 30.7 Å². The first kappa shape index (κ1) is 19.1. The molecule has 1 fully saturated rings. The first-order valence-electron chi connectivity index (χ1n) is 8.53. The number of nitrogens with zero attached hydrogens (tertiary/aromatic N) is 1. The molecular weight excluding hydrogens is 366 g/mol. The van der Waals surface area contributed by atoms with Gasteiger partial charge in [-0.2, -0.15) is 0 Å². The summed E-state index contributed by atoms with van der Waals surface area (Å²) in [7, 11) is 3.12. The zero-order valence-corrected chi connectivity index (χ0v) is 16.0. The van der Waals surface area contributed by atoms with Crippen LogP contribution in [-0.2, 0) is 14.3 Å². The summed E-state index contributed by atoms with van der Waals surface area (Å²) in [5, 5.41) is 12.8. The van der Waals surface area contributed by atoms with Crippen molar-refractivity contribution < 1.29 is 24.2 Å². The van der Waals surface area contributed by atoms with Gasteiger partial charge in [0.15, 0.2) is 0 Å². The van der Waals surface area contributed by atoms with E-state index in [9.17, 15) is 14.7 Å². The number of rotatable bonds is 7. The Labute approximate surface area is 161 Å². The third kappa shape index (κ3) is 3.74. The van der Waals surface area contributed by atoms with Crippen molar-refractivity contribution in [2.75, 3.05) is 27.4 Å². The molecule has 1 aliphatic heterocycles. The predicted molar refractivity (Wildman–Crippen MR) is 103 cm³/mol. The van der Waals surface area contributed by atoms with Crippen molar-refractivity contribution in [3.05, 3.63) is 57.8 Å². The summed E-state index contributed by atoms with van der Waals surface area (Å²) < 4.78 is 10.3. The quantitative estimate of drug-likeness (QED) is 0.342. The predicted octanol–water partition coefficient (Wildman–Crippen LogP) is 3.21. The van der Waals surface area contributed by atoms with E-state index in [-0.39, 0.29) is 11.3 Å². The fourth-order valence-electron chi connectivity index (χ4n) is 3.16. The Balaban J connectivity index is 2.08. The fraction of sp³-hybridized carbons (Fsp3) is 0.300. The first-order chi connectivity index (χ1) is 13.1. The number of hydrogen-bond donors (Lipinski definition) is 1. The zero-order valence-electron chi connectivity index (χ0n) is 15.2. The molecule has 0 saturated carbocycles. The summed E-state index contributed by atoms with van der Waals surface area (Å²) in [6.45, 7) is 0.853. The lowest BCUT2D eigenvalue weighted by atomic mass is 9.99. The molecule has 1 amide bonds. The molecule has 2 heterocycles. The van der Waals surface area contributed by atoms with Gasteiger partial charge in [0.25, 0.3) is 11.7 Å². The standard InChI is InChI=1S/C20H21NO5S/c1-25-10-5-9-21-17(15-8-4-11-27-15)16(19(23)20(21)24)18(22)13-6-3-7-14(12-13)26-2/h3-4,6-8,11-12,17,22H,5,9-10H2,1-2H3/t17-/m0/s1. The minimum absolute atomic E-state index is 0.105. The Morgan fingerprint density at radius 1 is 1.22 bits per heavy atom. The summed E-state index contributed by atoms with van der Waals surface area (Å²) in [6, 6.07) is 9.91. The van der Waals surface area contributed by atoms with Crippen molar-refractivity contribution in [3.63, 3.8) is 0 Å². The number of aliphatic hydroxyl groups is 1. The number of ketones is 1. The van der Waals surface area contributed by atoms with Crippen molar-refractivity contribution in [1.29, 1.82) is 0 Å². The highest BCUT2D eigenvalue weighted by atomic mass is 32.1.